The summed E-state index contributed by atoms with van der Waals surface area (Å²) in [5.74, 6) is 0.920. The van der Waals surface area contributed by atoms with Crippen molar-refractivity contribution in [2.75, 3.05) is 11.1 Å². The third kappa shape index (κ3) is 5.78. The summed E-state index contributed by atoms with van der Waals surface area (Å²) in [6.07, 6.45) is 0. The number of carbonyl (C=O) groups excluding carboxylic acids is 2. The standard InChI is InChI=1S/C16H19N3O3S/c1-11-8-14(19-22-11)18-16(21)12(2)23-10-15(20)17-9-13-6-4-3-5-7-13/h3-8,12H,9-10H2,1-2H3,(H,17,20)(H,18,19,21). The van der Waals surface area contributed by atoms with Crippen molar-refractivity contribution >= 4 is 29.4 Å². The van der Waals surface area contributed by atoms with Crippen molar-refractivity contribution in [2.24, 2.45) is 0 Å². The highest BCUT2D eigenvalue weighted by Gasteiger charge is 2.16. The van der Waals surface area contributed by atoms with Crippen molar-refractivity contribution in [3.63, 3.8) is 0 Å². The number of aryl methyl sites for hydroxylation is 1. The van der Waals surface area contributed by atoms with Gasteiger partial charge in [0, 0.05) is 12.6 Å². The van der Waals surface area contributed by atoms with E-state index in [1.165, 1.54) is 11.8 Å². The number of carbonyl (C=O) groups is 2. The van der Waals surface area contributed by atoms with Gasteiger partial charge < -0.3 is 15.2 Å². The Kier molecular flexibility index (Phi) is 6.22. The highest BCUT2D eigenvalue weighted by atomic mass is 32.2. The molecule has 0 spiro atoms. The van der Waals surface area contributed by atoms with E-state index in [2.05, 4.69) is 15.8 Å². The van der Waals surface area contributed by atoms with E-state index in [-0.39, 0.29) is 22.8 Å². The van der Waals surface area contributed by atoms with Gasteiger partial charge in [-0.1, -0.05) is 35.5 Å². The van der Waals surface area contributed by atoms with Gasteiger partial charge in [-0.15, -0.1) is 11.8 Å². The largest absolute Gasteiger partial charge is 0.360 e. The van der Waals surface area contributed by atoms with Crippen LogP contribution in [0.25, 0.3) is 0 Å². The molecule has 0 radical (unpaired) electrons. The Morgan fingerprint density at radius 2 is 2.04 bits per heavy atom. The summed E-state index contributed by atoms with van der Waals surface area (Å²) in [7, 11) is 0. The van der Waals surface area contributed by atoms with Crippen LogP contribution < -0.4 is 10.6 Å². The predicted octanol–water partition coefficient (Wildman–Crippen LogP) is 2.36. The maximum Gasteiger partial charge on any atom is 0.238 e. The minimum atomic E-state index is -0.366. The quantitative estimate of drug-likeness (QED) is 0.812. The van der Waals surface area contributed by atoms with E-state index >= 15 is 0 Å². The number of thioether (sulfide) groups is 1. The van der Waals surface area contributed by atoms with Crippen LogP contribution in [0.15, 0.2) is 40.9 Å². The molecular formula is C16H19N3O3S. The molecule has 0 saturated heterocycles. The van der Waals surface area contributed by atoms with Crippen LogP contribution in [0.1, 0.15) is 18.2 Å². The van der Waals surface area contributed by atoms with Gasteiger partial charge in [-0.25, -0.2) is 0 Å². The molecule has 0 saturated carbocycles. The van der Waals surface area contributed by atoms with Crippen molar-refractivity contribution < 1.29 is 14.1 Å². The molecular weight excluding hydrogens is 314 g/mol. The Morgan fingerprint density at radius 3 is 2.70 bits per heavy atom. The Labute approximate surface area is 139 Å². The van der Waals surface area contributed by atoms with Crippen molar-refractivity contribution in [3.8, 4) is 0 Å². The van der Waals surface area contributed by atoms with Gasteiger partial charge in [0.05, 0.1) is 11.0 Å². The van der Waals surface area contributed by atoms with E-state index in [4.69, 9.17) is 4.52 Å². The van der Waals surface area contributed by atoms with Crippen molar-refractivity contribution in [3.05, 3.63) is 47.7 Å². The second-order valence-electron chi connectivity index (χ2n) is 5.03. The van der Waals surface area contributed by atoms with E-state index in [0.717, 1.165) is 5.56 Å². The van der Waals surface area contributed by atoms with Crippen molar-refractivity contribution in [2.45, 2.75) is 25.6 Å². The zero-order chi connectivity index (χ0) is 16.7. The van der Waals surface area contributed by atoms with Crippen LogP contribution in [-0.4, -0.2) is 28.0 Å². The van der Waals surface area contributed by atoms with Crippen molar-refractivity contribution in [1.29, 1.82) is 0 Å². The van der Waals surface area contributed by atoms with E-state index in [9.17, 15) is 9.59 Å². The molecule has 0 bridgehead atoms. The minimum absolute atomic E-state index is 0.101. The van der Waals surface area contributed by atoms with Gasteiger partial charge in [-0.3, -0.25) is 9.59 Å². The molecule has 1 atom stereocenters. The van der Waals surface area contributed by atoms with Gasteiger partial charge >= 0.3 is 0 Å². The van der Waals surface area contributed by atoms with Gasteiger partial charge in [0.15, 0.2) is 5.82 Å². The molecule has 2 aromatic rings. The molecule has 0 aliphatic heterocycles. The molecule has 0 aliphatic carbocycles. The summed E-state index contributed by atoms with van der Waals surface area (Å²) < 4.78 is 4.88. The fourth-order valence-corrected chi connectivity index (χ4v) is 2.49. The number of hydrogen-bond donors (Lipinski definition) is 2. The van der Waals surface area contributed by atoms with E-state index < -0.39 is 0 Å². The minimum Gasteiger partial charge on any atom is -0.360 e. The summed E-state index contributed by atoms with van der Waals surface area (Å²) in [5.41, 5.74) is 1.04. The lowest BCUT2D eigenvalue weighted by Crippen LogP contribution is -2.28. The molecule has 0 fully saturated rings. The molecule has 2 amide bonds. The first-order valence-corrected chi connectivity index (χ1v) is 8.26. The third-order valence-corrected chi connectivity index (χ3v) is 4.19. The van der Waals surface area contributed by atoms with Gasteiger partial charge in [0.2, 0.25) is 11.8 Å². The average molecular weight is 333 g/mol. The van der Waals surface area contributed by atoms with Gasteiger partial charge in [0.1, 0.15) is 5.76 Å². The fraction of sp³-hybridized carbons (Fsp3) is 0.312. The Morgan fingerprint density at radius 1 is 1.30 bits per heavy atom. The summed E-state index contributed by atoms with van der Waals surface area (Å²) in [5, 5.41) is 8.81. The molecule has 0 aliphatic rings. The lowest BCUT2D eigenvalue weighted by molar-refractivity contribution is -0.118. The average Bonchev–Trinajstić information content (AvgIpc) is 2.96. The van der Waals surface area contributed by atoms with Gasteiger partial charge in [-0.2, -0.15) is 0 Å². The number of rotatable bonds is 7. The SMILES string of the molecule is Cc1cc(NC(=O)C(C)SCC(=O)NCc2ccccc2)no1. The van der Waals surface area contributed by atoms with Crippen LogP contribution in [0, 0.1) is 6.92 Å². The molecule has 7 heteroatoms. The molecule has 2 N–H and O–H groups in total. The Balaban J connectivity index is 1.69. The van der Waals surface area contributed by atoms with Crippen LogP contribution in [0.4, 0.5) is 5.82 Å². The maximum atomic E-state index is 12.0. The van der Waals surface area contributed by atoms with Crippen LogP contribution >= 0.6 is 11.8 Å². The highest BCUT2D eigenvalue weighted by Crippen LogP contribution is 2.14. The van der Waals surface area contributed by atoms with E-state index in [1.54, 1.807) is 19.9 Å². The zero-order valence-electron chi connectivity index (χ0n) is 13.0. The molecule has 1 heterocycles. The summed E-state index contributed by atoms with van der Waals surface area (Å²) >= 11 is 1.27. The first-order chi connectivity index (χ1) is 11.0. The van der Waals surface area contributed by atoms with Crippen LogP contribution in [-0.2, 0) is 16.1 Å². The maximum absolute atomic E-state index is 12.0. The summed E-state index contributed by atoms with van der Waals surface area (Å²) in [6, 6.07) is 11.3. The predicted molar refractivity (Wildman–Crippen MR) is 90.1 cm³/mol. The fourth-order valence-electron chi connectivity index (χ4n) is 1.78. The van der Waals surface area contributed by atoms with Crippen molar-refractivity contribution in [1.82, 2.24) is 10.5 Å². The Hall–Kier alpha value is -2.28. The number of aromatic nitrogens is 1. The first kappa shape index (κ1) is 17.1. The van der Waals surface area contributed by atoms with E-state index in [0.29, 0.717) is 18.1 Å². The van der Waals surface area contributed by atoms with Crippen LogP contribution in [0.5, 0.6) is 0 Å². The Bertz CT molecular complexity index is 658. The second kappa shape index (κ2) is 8.38. The number of nitrogens with one attached hydrogen (secondary N) is 2. The number of hydrogen-bond acceptors (Lipinski definition) is 5. The highest BCUT2D eigenvalue weighted by molar-refractivity contribution is 8.01. The van der Waals surface area contributed by atoms with Crippen LogP contribution in [0.3, 0.4) is 0 Å². The number of benzene rings is 1. The smallest absolute Gasteiger partial charge is 0.238 e. The van der Waals surface area contributed by atoms with E-state index in [1.807, 2.05) is 30.3 Å². The molecule has 122 valence electrons. The lowest BCUT2D eigenvalue weighted by atomic mass is 10.2. The first-order valence-electron chi connectivity index (χ1n) is 7.21. The molecule has 2 rings (SSSR count). The number of anilines is 1. The second-order valence-corrected chi connectivity index (χ2v) is 6.36. The van der Waals surface area contributed by atoms with Crippen LogP contribution in [0.2, 0.25) is 0 Å². The molecule has 1 unspecified atom stereocenters. The zero-order valence-corrected chi connectivity index (χ0v) is 13.9. The van der Waals surface area contributed by atoms with Gasteiger partial charge in [-0.05, 0) is 19.4 Å². The molecule has 1 aromatic heterocycles. The van der Waals surface area contributed by atoms with Gasteiger partial charge in [0.25, 0.3) is 0 Å². The summed E-state index contributed by atoms with van der Waals surface area (Å²) in [6.45, 7) is 3.98. The normalized spacial score (nSPS) is 11.7. The lowest BCUT2D eigenvalue weighted by Gasteiger charge is -2.10. The number of amides is 2. The molecule has 6 nitrogen and oxygen atoms in total. The topological polar surface area (TPSA) is 84.2 Å². The molecule has 1 aromatic carbocycles. The number of nitrogens with zero attached hydrogens (tertiary/aromatic N) is 1. The molecule has 23 heavy (non-hydrogen) atoms. The summed E-state index contributed by atoms with van der Waals surface area (Å²) in [4.78, 5) is 23.8. The monoisotopic (exact) mass is 333 g/mol. The third-order valence-electron chi connectivity index (χ3n) is 3.05.